The Morgan fingerprint density at radius 3 is 2.71 bits per heavy atom. The van der Waals surface area contributed by atoms with Gasteiger partial charge >= 0.3 is 0 Å². The first-order valence-electron chi connectivity index (χ1n) is 9.62. The van der Waals surface area contributed by atoms with Crippen molar-refractivity contribution in [3.63, 3.8) is 0 Å². The lowest BCUT2D eigenvalue weighted by molar-refractivity contribution is -0.128. The Balaban J connectivity index is 1.67. The van der Waals surface area contributed by atoms with Crippen molar-refractivity contribution in [1.82, 2.24) is 5.32 Å². The molecule has 0 aromatic heterocycles. The summed E-state index contributed by atoms with van der Waals surface area (Å²) in [4.78, 5) is 26.9. The topological polar surface area (TPSA) is 67.9 Å². The van der Waals surface area contributed by atoms with Crippen LogP contribution in [0, 0.1) is 6.92 Å². The van der Waals surface area contributed by atoms with E-state index < -0.39 is 6.10 Å². The van der Waals surface area contributed by atoms with Gasteiger partial charge in [-0.2, -0.15) is 0 Å². The quantitative estimate of drug-likeness (QED) is 0.799. The largest absolute Gasteiger partial charge is 0.493 e. The molecule has 148 valence electrons. The summed E-state index contributed by atoms with van der Waals surface area (Å²) in [7, 11) is 0. The second-order valence-electron chi connectivity index (χ2n) is 6.73. The number of carbonyl (C=O) groups excluding carboxylic acids is 2. The molecule has 6 nitrogen and oxygen atoms in total. The Bertz CT molecular complexity index is 837. The number of hydrogen-bond acceptors (Lipinski definition) is 4. The lowest BCUT2D eigenvalue weighted by Crippen LogP contribution is -2.51. The van der Waals surface area contributed by atoms with Crippen molar-refractivity contribution in [2.75, 3.05) is 24.6 Å². The van der Waals surface area contributed by atoms with Gasteiger partial charge in [0.1, 0.15) is 11.5 Å². The van der Waals surface area contributed by atoms with Gasteiger partial charge in [-0.05, 0) is 37.1 Å². The predicted molar refractivity (Wildman–Crippen MR) is 108 cm³/mol. The Kier molecular flexibility index (Phi) is 6.53. The van der Waals surface area contributed by atoms with Crippen LogP contribution in [-0.4, -0.2) is 37.6 Å². The molecule has 1 aliphatic rings. The normalized spacial score (nSPS) is 15.4. The summed E-state index contributed by atoms with van der Waals surface area (Å²) in [5, 5.41) is 2.84. The average Bonchev–Trinajstić information content (AvgIpc) is 2.72. The number of benzene rings is 2. The number of ether oxygens (including phenoxy) is 2. The van der Waals surface area contributed by atoms with Crippen molar-refractivity contribution in [2.45, 2.75) is 32.8 Å². The number of amides is 2. The minimum atomic E-state index is -0.720. The van der Waals surface area contributed by atoms with Crippen molar-refractivity contribution in [3.05, 3.63) is 54.1 Å². The van der Waals surface area contributed by atoms with Crippen LogP contribution in [0.4, 0.5) is 5.69 Å². The van der Waals surface area contributed by atoms with Crippen LogP contribution in [0.1, 0.15) is 25.3 Å². The third kappa shape index (κ3) is 4.63. The van der Waals surface area contributed by atoms with E-state index in [0.717, 1.165) is 17.7 Å². The first-order valence-corrected chi connectivity index (χ1v) is 9.62. The van der Waals surface area contributed by atoms with Gasteiger partial charge in [0.2, 0.25) is 5.91 Å². The van der Waals surface area contributed by atoms with Crippen LogP contribution >= 0.6 is 0 Å². The van der Waals surface area contributed by atoms with E-state index in [2.05, 4.69) is 5.32 Å². The van der Waals surface area contributed by atoms with Gasteiger partial charge in [-0.25, -0.2) is 0 Å². The van der Waals surface area contributed by atoms with Gasteiger partial charge in [-0.1, -0.05) is 37.3 Å². The molecule has 0 unspecified atom stereocenters. The van der Waals surface area contributed by atoms with Crippen LogP contribution in [0.3, 0.4) is 0 Å². The molecule has 0 saturated carbocycles. The molecule has 1 atom stereocenters. The van der Waals surface area contributed by atoms with E-state index in [4.69, 9.17) is 9.47 Å². The fourth-order valence-corrected chi connectivity index (χ4v) is 3.07. The third-order valence-corrected chi connectivity index (χ3v) is 4.58. The molecule has 6 heteroatoms. The van der Waals surface area contributed by atoms with Gasteiger partial charge in [-0.15, -0.1) is 0 Å². The van der Waals surface area contributed by atoms with Gasteiger partial charge < -0.3 is 19.7 Å². The van der Waals surface area contributed by atoms with Crippen molar-refractivity contribution < 1.29 is 19.1 Å². The van der Waals surface area contributed by atoms with Crippen LogP contribution in [-0.2, 0) is 9.59 Å². The molecule has 28 heavy (non-hydrogen) atoms. The van der Waals surface area contributed by atoms with E-state index in [1.165, 1.54) is 0 Å². The number of hydrogen-bond donors (Lipinski definition) is 1. The van der Waals surface area contributed by atoms with E-state index in [0.29, 0.717) is 18.0 Å². The van der Waals surface area contributed by atoms with Gasteiger partial charge in [0.25, 0.3) is 5.91 Å². The van der Waals surface area contributed by atoms with Crippen LogP contribution in [0.25, 0.3) is 0 Å². The molecule has 0 bridgehead atoms. The number of anilines is 1. The summed E-state index contributed by atoms with van der Waals surface area (Å²) in [5.41, 5.74) is 1.71. The maximum atomic E-state index is 12.9. The highest BCUT2D eigenvalue weighted by Crippen LogP contribution is 2.33. The zero-order valence-electron chi connectivity index (χ0n) is 16.3. The molecule has 2 amide bonds. The summed E-state index contributed by atoms with van der Waals surface area (Å²) in [6, 6.07) is 15.0. The average molecular weight is 382 g/mol. The summed E-state index contributed by atoms with van der Waals surface area (Å²) < 4.78 is 11.6. The van der Waals surface area contributed by atoms with E-state index in [1.807, 2.05) is 56.3 Å². The number of para-hydroxylation sites is 3. The van der Waals surface area contributed by atoms with Crippen molar-refractivity contribution in [2.24, 2.45) is 0 Å². The van der Waals surface area contributed by atoms with Gasteiger partial charge in [-0.3, -0.25) is 9.59 Å². The lowest BCUT2D eigenvalue weighted by atomic mass is 10.1. The maximum Gasteiger partial charge on any atom is 0.262 e. The number of carbonyl (C=O) groups is 2. The van der Waals surface area contributed by atoms with Crippen molar-refractivity contribution in [1.29, 1.82) is 0 Å². The van der Waals surface area contributed by atoms with Crippen LogP contribution < -0.4 is 19.7 Å². The summed E-state index contributed by atoms with van der Waals surface area (Å²) in [6.07, 6.45) is 0.336. The highest BCUT2D eigenvalue weighted by molar-refractivity contribution is 5.97. The predicted octanol–water partition coefficient (Wildman–Crippen LogP) is 3.08. The Morgan fingerprint density at radius 1 is 1.18 bits per heavy atom. The Labute approximate surface area is 165 Å². The molecule has 1 N–H and O–H groups in total. The van der Waals surface area contributed by atoms with E-state index in [-0.39, 0.29) is 31.4 Å². The minimum Gasteiger partial charge on any atom is -0.493 e. The number of rotatable bonds is 7. The standard InChI is InChI=1S/C22H26N2O4/c1-3-13-23-22(26)20-15-24(17-9-5-7-11-19(17)28-20)21(25)12-14-27-18-10-6-4-8-16(18)2/h4-11,20H,3,12-15H2,1-2H3,(H,23,26)/t20-/m0/s1. The lowest BCUT2D eigenvalue weighted by Gasteiger charge is -2.34. The number of aryl methyl sites for hydroxylation is 1. The van der Waals surface area contributed by atoms with Gasteiger partial charge in [0.05, 0.1) is 25.3 Å². The fourth-order valence-electron chi connectivity index (χ4n) is 3.07. The van der Waals surface area contributed by atoms with Crippen molar-refractivity contribution >= 4 is 17.5 Å². The second kappa shape index (κ2) is 9.26. The monoisotopic (exact) mass is 382 g/mol. The molecular weight excluding hydrogens is 356 g/mol. The van der Waals surface area contributed by atoms with E-state index in [9.17, 15) is 9.59 Å². The van der Waals surface area contributed by atoms with Crippen LogP contribution in [0.5, 0.6) is 11.5 Å². The summed E-state index contributed by atoms with van der Waals surface area (Å²) in [6.45, 7) is 5.00. The van der Waals surface area contributed by atoms with Gasteiger partial charge in [0.15, 0.2) is 6.10 Å². The summed E-state index contributed by atoms with van der Waals surface area (Å²) >= 11 is 0. The first-order chi connectivity index (χ1) is 13.6. The summed E-state index contributed by atoms with van der Waals surface area (Å²) in [5.74, 6) is 1.01. The second-order valence-corrected chi connectivity index (χ2v) is 6.73. The zero-order valence-corrected chi connectivity index (χ0v) is 16.3. The van der Waals surface area contributed by atoms with Crippen LogP contribution in [0.2, 0.25) is 0 Å². The fraction of sp³-hybridized carbons (Fsp3) is 0.364. The smallest absolute Gasteiger partial charge is 0.262 e. The minimum absolute atomic E-state index is 0.0994. The molecule has 3 rings (SSSR count). The molecule has 2 aromatic carbocycles. The number of fused-ring (bicyclic) bond motifs is 1. The molecule has 0 fully saturated rings. The number of nitrogens with zero attached hydrogens (tertiary/aromatic N) is 1. The van der Waals surface area contributed by atoms with E-state index in [1.54, 1.807) is 11.0 Å². The maximum absolute atomic E-state index is 12.9. The van der Waals surface area contributed by atoms with Gasteiger partial charge in [0, 0.05) is 6.54 Å². The highest BCUT2D eigenvalue weighted by atomic mass is 16.5. The SMILES string of the molecule is CCCNC(=O)[C@@H]1CN(C(=O)CCOc2ccccc2C)c2ccccc2O1. The van der Waals surface area contributed by atoms with Crippen LogP contribution in [0.15, 0.2) is 48.5 Å². The molecule has 1 heterocycles. The number of nitrogens with one attached hydrogen (secondary N) is 1. The Morgan fingerprint density at radius 2 is 1.93 bits per heavy atom. The molecule has 0 radical (unpaired) electrons. The molecule has 2 aromatic rings. The van der Waals surface area contributed by atoms with E-state index >= 15 is 0 Å². The zero-order chi connectivity index (χ0) is 19.9. The molecule has 0 aliphatic carbocycles. The molecule has 0 spiro atoms. The molecule has 0 saturated heterocycles. The highest BCUT2D eigenvalue weighted by Gasteiger charge is 2.33. The van der Waals surface area contributed by atoms with Crippen molar-refractivity contribution in [3.8, 4) is 11.5 Å². The molecular formula is C22H26N2O4. The Hall–Kier alpha value is -3.02. The third-order valence-electron chi connectivity index (χ3n) is 4.58. The first kappa shape index (κ1) is 19.7. The molecule has 1 aliphatic heterocycles.